The summed E-state index contributed by atoms with van der Waals surface area (Å²) < 4.78 is 10.2. The number of fused-ring (bicyclic) bond motifs is 2. The monoisotopic (exact) mass is 367 g/mol. The fourth-order valence-corrected chi connectivity index (χ4v) is 4.11. The number of carbonyl (C=O) groups is 4. The van der Waals surface area contributed by atoms with Gasteiger partial charge in [0.05, 0.1) is 13.0 Å². The number of amides is 2. The Kier molecular flexibility index (Phi) is 4.46. The number of piperazine rings is 1. The van der Waals surface area contributed by atoms with Crippen LogP contribution in [0.4, 0.5) is 0 Å². The average Bonchev–Trinajstić information content (AvgIpc) is 3.11. The van der Waals surface area contributed by atoms with Crippen molar-refractivity contribution in [1.29, 1.82) is 0 Å². The van der Waals surface area contributed by atoms with Crippen LogP contribution >= 0.6 is 0 Å². The van der Waals surface area contributed by atoms with E-state index in [2.05, 4.69) is 0 Å². The van der Waals surface area contributed by atoms with Gasteiger partial charge in [0.25, 0.3) is 0 Å². The molecular formula is C17H25N3O6. The van der Waals surface area contributed by atoms with Crippen LogP contribution in [-0.4, -0.2) is 77.0 Å². The van der Waals surface area contributed by atoms with E-state index in [1.807, 2.05) is 0 Å². The smallest absolute Gasteiger partial charge is 0.330 e. The Labute approximate surface area is 151 Å². The molecule has 144 valence electrons. The van der Waals surface area contributed by atoms with Crippen LogP contribution in [0.5, 0.6) is 0 Å². The van der Waals surface area contributed by atoms with Gasteiger partial charge in [-0.05, 0) is 33.6 Å². The van der Waals surface area contributed by atoms with Crippen molar-refractivity contribution >= 4 is 23.8 Å². The van der Waals surface area contributed by atoms with Gasteiger partial charge in [0.2, 0.25) is 11.8 Å². The number of rotatable bonds is 2. The Hall–Kier alpha value is -2.16. The van der Waals surface area contributed by atoms with E-state index in [4.69, 9.17) is 15.2 Å². The van der Waals surface area contributed by atoms with Gasteiger partial charge in [-0.25, -0.2) is 4.79 Å². The van der Waals surface area contributed by atoms with E-state index in [9.17, 15) is 19.2 Å². The molecule has 0 aromatic heterocycles. The van der Waals surface area contributed by atoms with Crippen molar-refractivity contribution in [1.82, 2.24) is 9.80 Å². The number of ether oxygens (including phenoxy) is 2. The minimum absolute atomic E-state index is 0.0413. The van der Waals surface area contributed by atoms with E-state index < -0.39 is 41.6 Å². The van der Waals surface area contributed by atoms with Gasteiger partial charge in [0.1, 0.15) is 23.7 Å². The van der Waals surface area contributed by atoms with E-state index in [1.165, 1.54) is 16.9 Å². The molecule has 0 spiro atoms. The van der Waals surface area contributed by atoms with Gasteiger partial charge in [-0.2, -0.15) is 0 Å². The molecule has 5 atom stereocenters. The van der Waals surface area contributed by atoms with Crippen molar-refractivity contribution in [2.24, 2.45) is 11.7 Å². The van der Waals surface area contributed by atoms with Crippen molar-refractivity contribution < 1.29 is 28.7 Å². The van der Waals surface area contributed by atoms with E-state index in [0.29, 0.717) is 13.0 Å². The fourth-order valence-electron chi connectivity index (χ4n) is 4.11. The summed E-state index contributed by atoms with van der Waals surface area (Å²) in [6.45, 7) is 5.40. The van der Waals surface area contributed by atoms with Gasteiger partial charge in [-0.1, -0.05) is 0 Å². The molecule has 0 saturated carbocycles. The molecule has 3 fully saturated rings. The lowest BCUT2D eigenvalue weighted by Crippen LogP contribution is -2.63. The van der Waals surface area contributed by atoms with E-state index in [1.54, 1.807) is 20.8 Å². The molecule has 0 aromatic rings. The SMILES string of the molecule is COC(=O)[C@H]1C[C@H]2C(=O)N3C[C@@H](N)C[C@H]3C(=O)N2[C@@H]1C(=O)OC(C)(C)C. The predicted molar refractivity (Wildman–Crippen MR) is 88.5 cm³/mol. The van der Waals surface area contributed by atoms with Crippen molar-refractivity contribution in [3.05, 3.63) is 0 Å². The molecule has 3 heterocycles. The Morgan fingerprint density at radius 3 is 2.31 bits per heavy atom. The second kappa shape index (κ2) is 6.22. The second-order valence-corrected chi connectivity index (χ2v) is 8.11. The number of hydrogen-bond donors (Lipinski definition) is 1. The summed E-state index contributed by atoms with van der Waals surface area (Å²) in [6.07, 6.45) is 0.386. The molecule has 2 amide bonds. The molecule has 0 unspecified atom stereocenters. The van der Waals surface area contributed by atoms with Gasteiger partial charge >= 0.3 is 11.9 Å². The third kappa shape index (κ3) is 2.94. The molecule has 3 rings (SSSR count). The van der Waals surface area contributed by atoms with Crippen molar-refractivity contribution in [2.45, 2.75) is 63.4 Å². The Balaban J connectivity index is 1.97. The molecule has 3 aliphatic heterocycles. The highest BCUT2D eigenvalue weighted by atomic mass is 16.6. The molecule has 3 aliphatic rings. The first-order chi connectivity index (χ1) is 12.0. The normalized spacial score (nSPS) is 33.8. The maximum atomic E-state index is 13.0. The summed E-state index contributed by atoms with van der Waals surface area (Å²) >= 11 is 0. The standard InChI is InChI=1S/C17H25N3O6/c1-17(2,3)26-16(24)12-9(15(23)25-4)6-11-13(21)19-7-8(18)5-10(19)14(22)20(11)12/h8-12H,5-7,18H2,1-4H3/t8-,9-,10-,11-,12-/m0/s1. The number of nitrogens with two attached hydrogens (primary N) is 1. The summed E-state index contributed by atoms with van der Waals surface area (Å²) in [7, 11) is 1.21. The summed E-state index contributed by atoms with van der Waals surface area (Å²) in [4.78, 5) is 53.6. The first-order valence-electron chi connectivity index (χ1n) is 8.74. The lowest BCUT2D eigenvalue weighted by molar-refractivity contribution is -0.173. The zero-order valence-electron chi connectivity index (χ0n) is 15.4. The van der Waals surface area contributed by atoms with Crippen LogP contribution in [0.25, 0.3) is 0 Å². The summed E-state index contributed by atoms with van der Waals surface area (Å²) in [6, 6.07) is -2.99. The van der Waals surface area contributed by atoms with Gasteiger partial charge < -0.3 is 25.0 Å². The fraction of sp³-hybridized carbons (Fsp3) is 0.765. The first kappa shape index (κ1) is 18.6. The van der Waals surface area contributed by atoms with Crippen LogP contribution in [0.2, 0.25) is 0 Å². The summed E-state index contributed by atoms with van der Waals surface area (Å²) in [5.41, 5.74) is 5.12. The highest BCUT2D eigenvalue weighted by Gasteiger charge is 2.61. The van der Waals surface area contributed by atoms with Gasteiger partial charge in [-0.3, -0.25) is 14.4 Å². The zero-order chi connectivity index (χ0) is 19.4. The second-order valence-electron chi connectivity index (χ2n) is 8.11. The van der Waals surface area contributed by atoms with Crippen LogP contribution in [0.3, 0.4) is 0 Å². The predicted octanol–water partition coefficient (Wildman–Crippen LogP) is -0.971. The average molecular weight is 367 g/mol. The maximum Gasteiger partial charge on any atom is 0.330 e. The van der Waals surface area contributed by atoms with Crippen LogP contribution < -0.4 is 5.73 Å². The third-order valence-corrected chi connectivity index (χ3v) is 5.09. The highest BCUT2D eigenvalue weighted by molar-refractivity contribution is 6.02. The lowest BCUT2D eigenvalue weighted by atomic mass is 9.98. The first-order valence-corrected chi connectivity index (χ1v) is 8.74. The molecular weight excluding hydrogens is 342 g/mol. The molecule has 9 heteroatoms. The van der Waals surface area contributed by atoms with Crippen LogP contribution in [0.1, 0.15) is 33.6 Å². The number of methoxy groups -OCH3 is 1. The molecule has 0 aromatic carbocycles. The largest absolute Gasteiger partial charge is 0.469 e. The zero-order valence-corrected chi connectivity index (χ0v) is 15.4. The van der Waals surface area contributed by atoms with Crippen molar-refractivity contribution in [2.75, 3.05) is 13.7 Å². The number of nitrogens with zero attached hydrogens (tertiary/aromatic N) is 2. The Morgan fingerprint density at radius 1 is 1.08 bits per heavy atom. The van der Waals surface area contributed by atoms with Crippen molar-refractivity contribution in [3.63, 3.8) is 0 Å². The highest BCUT2D eigenvalue weighted by Crippen LogP contribution is 2.39. The Bertz CT molecular complexity index is 657. The van der Waals surface area contributed by atoms with Crippen LogP contribution in [0.15, 0.2) is 0 Å². The maximum absolute atomic E-state index is 13.0. The Morgan fingerprint density at radius 2 is 1.73 bits per heavy atom. The number of carbonyl (C=O) groups excluding carboxylic acids is 4. The minimum atomic E-state index is -1.16. The number of hydrogen-bond acceptors (Lipinski definition) is 7. The minimum Gasteiger partial charge on any atom is -0.469 e. The van der Waals surface area contributed by atoms with Gasteiger partial charge in [0, 0.05) is 12.6 Å². The molecule has 2 N–H and O–H groups in total. The molecule has 26 heavy (non-hydrogen) atoms. The quantitative estimate of drug-likeness (QED) is 0.624. The molecule has 9 nitrogen and oxygen atoms in total. The van der Waals surface area contributed by atoms with E-state index >= 15 is 0 Å². The van der Waals surface area contributed by atoms with Crippen LogP contribution in [0, 0.1) is 5.92 Å². The van der Waals surface area contributed by atoms with Crippen LogP contribution in [-0.2, 0) is 28.7 Å². The van der Waals surface area contributed by atoms with E-state index in [0.717, 1.165) is 0 Å². The summed E-state index contributed by atoms with van der Waals surface area (Å²) in [5, 5.41) is 0. The van der Waals surface area contributed by atoms with E-state index in [-0.39, 0.29) is 24.3 Å². The topological polar surface area (TPSA) is 119 Å². The summed E-state index contributed by atoms with van der Waals surface area (Å²) in [5.74, 6) is -2.89. The molecule has 3 saturated heterocycles. The third-order valence-electron chi connectivity index (χ3n) is 5.09. The lowest BCUT2D eigenvalue weighted by Gasteiger charge is -2.40. The molecule has 0 aliphatic carbocycles. The molecule has 0 bridgehead atoms. The molecule has 0 radical (unpaired) electrons. The number of esters is 2. The van der Waals surface area contributed by atoms with Gasteiger partial charge in [0.15, 0.2) is 0 Å². The van der Waals surface area contributed by atoms with Crippen molar-refractivity contribution in [3.8, 4) is 0 Å². The van der Waals surface area contributed by atoms with Gasteiger partial charge in [-0.15, -0.1) is 0 Å².